The molecule has 2 aromatic rings. The van der Waals surface area contributed by atoms with Crippen molar-refractivity contribution in [1.29, 1.82) is 0 Å². The fourth-order valence-corrected chi connectivity index (χ4v) is 5.79. The van der Waals surface area contributed by atoms with E-state index in [9.17, 15) is 14.7 Å². The highest BCUT2D eigenvalue weighted by atomic mass is 35.5. The number of anilines is 1. The first-order valence-electron chi connectivity index (χ1n) is 14.6. The SMILES string of the molecule is C=C(N[C@@H](CC1CCCCC1)C(=O)N[C@H](CO)CCC(=O)N1CCOCc2ccccc21)OCc1cccc(Cl)c1. The van der Waals surface area contributed by atoms with E-state index in [4.69, 9.17) is 21.1 Å². The van der Waals surface area contributed by atoms with Crippen LogP contribution in [0.15, 0.2) is 61.0 Å². The summed E-state index contributed by atoms with van der Waals surface area (Å²) in [6.07, 6.45) is 6.88. The number of hydrogen-bond acceptors (Lipinski definition) is 6. The van der Waals surface area contributed by atoms with E-state index in [1.165, 1.54) is 6.42 Å². The van der Waals surface area contributed by atoms with Crippen LogP contribution in [0.3, 0.4) is 0 Å². The third-order valence-corrected chi connectivity index (χ3v) is 8.06. The van der Waals surface area contributed by atoms with E-state index >= 15 is 0 Å². The number of nitrogens with one attached hydrogen (secondary N) is 2. The lowest BCUT2D eigenvalue weighted by atomic mass is 9.84. The van der Waals surface area contributed by atoms with E-state index < -0.39 is 12.1 Å². The number of rotatable bonds is 13. The first kappa shape index (κ1) is 30.9. The van der Waals surface area contributed by atoms with Crippen LogP contribution in [0, 0.1) is 5.92 Å². The van der Waals surface area contributed by atoms with Crippen LogP contribution in [-0.4, -0.2) is 48.8 Å². The number of hydrogen-bond donors (Lipinski definition) is 3. The van der Waals surface area contributed by atoms with Gasteiger partial charge in [-0.05, 0) is 49.1 Å². The van der Waals surface area contributed by atoms with Crippen LogP contribution >= 0.6 is 11.6 Å². The van der Waals surface area contributed by atoms with Crippen molar-refractivity contribution in [2.45, 2.75) is 76.7 Å². The summed E-state index contributed by atoms with van der Waals surface area (Å²) in [5, 5.41) is 16.9. The Labute approximate surface area is 248 Å². The van der Waals surface area contributed by atoms with Gasteiger partial charge in [0.25, 0.3) is 0 Å². The first-order valence-corrected chi connectivity index (χ1v) is 15.0. The average Bonchev–Trinajstić information content (AvgIpc) is 3.21. The largest absolute Gasteiger partial charge is 0.475 e. The summed E-state index contributed by atoms with van der Waals surface area (Å²) in [5.74, 6) is 0.435. The van der Waals surface area contributed by atoms with Crippen LogP contribution in [0.5, 0.6) is 0 Å². The summed E-state index contributed by atoms with van der Waals surface area (Å²) >= 11 is 6.08. The molecule has 0 aromatic heterocycles. The number of carbonyl (C=O) groups excluding carboxylic acids is 2. The number of nitrogens with zero attached hydrogens (tertiary/aromatic N) is 1. The zero-order valence-corrected chi connectivity index (χ0v) is 24.4. The van der Waals surface area contributed by atoms with Crippen molar-refractivity contribution >= 4 is 29.1 Å². The van der Waals surface area contributed by atoms with Crippen molar-refractivity contribution in [3.63, 3.8) is 0 Å². The Balaban J connectivity index is 1.34. The maximum absolute atomic E-state index is 13.5. The van der Waals surface area contributed by atoms with Gasteiger partial charge in [-0.15, -0.1) is 0 Å². The average molecular weight is 584 g/mol. The predicted octanol–water partition coefficient (Wildman–Crippen LogP) is 5.08. The van der Waals surface area contributed by atoms with Crippen LogP contribution in [0.25, 0.3) is 0 Å². The second-order valence-corrected chi connectivity index (χ2v) is 11.4. The third-order valence-electron chi connectivity index (χ3n) is 7.82. The number of amides is 2. The quantitative estimate of drug-likeness (QED) is 0.285. The number of carbonyl (C=O) groups is 2. The van der Waals surface area contributed by atoms with Crippen molar-refractivity contribution in [2.24, 2.45) is 5.92 Å². The molecular weight excluding hydrogens is 542 g/mol. The van der Waals surface area contributed by atoms with Crippen molar-refractivity contribution in [2.75, 3.05) is 24.7 Å². The van der Waals surface area contributed by atoms with E-state index in [1.807, 2.05) is 42.5 Å². The number of aliphatic hydroxyl groups excluding tert-OH is 1. The molecule has 2 aliphatic rings. The molecule has 2 atom stereocenters. The second kappa shape index (κ2) is 15.8. The maximum atomic E-state index is 13.5. The fourth-order valence-electron chi connectivity index (χ4n) is 5.58. The summed E-state index contributed by atoms with van der Waals surface area (Å²) < 4.78 is 11.5. The number of fused-ring (bicyclic) bond motifs is 1. The molecule has 1 heterocycles. The van der Waals surface area contributed by atoms with Crippen molar-refractivity contribution in [1.82, 2.24) is 10.6 Å². The Morgan fingerprint density at radius 2 is 1.93 bits per heavy atom. The highest BCUT2D eigenvalue weighted by molar-refractivity contribution is 6.30. The second-order valence-electron chi connectivity index (χ2n) is 10.9. The van der Waals surface area contributed by atoms with Gasteiger partial charge >= 0.3 is 0 Å². The molecular formula is C32H42ClN3O5. The molecule has 3 N–H and O–H groups in total. The van der Waals surface area contributed by atoms with Crippen molar-refractivity contribution in [3.8, 4) is 0 Å². The van der Waals surface area contributed by atoms with Gasteiger partial charge < -0.3 is 30.1 Å². The summed E-state index contributed by atoms with van der Waals surface area (Å²) in [7, 11) is 0. The Morgan fingerprint density at radius 1 is 1.12 bits per heavy atom. The van der Waals surface area contributed by atoms with Gasteiger partial charge in [0.15, 0.2) is 5.88 Å². The van der Waals surface area contributed by atoms with Gasteiger partial charge in [0.2, 0.25) is 11.8 Å². The summed E-state index contributed by atoms with van der Waals surface area (Å²) in [5.41, 5.74) is 2.73. The minimum absolute atomic E-state index is 0.0599. The lowest BCUT2D eigenvalue weighted by Crippen LogP contribution is -2.49. The van der Waals surface area contributed by atoms with Crippen molar-refractivity contribution in [3.05, 3.63) is 77.1 Å². The molecule has 41 heavy (non-hydrogen) atoms. The van der Waals surface area contributed by atoms with E-state index in [0.717, 1.165) is 42.5 Å². The number of aliphatic hydroxyl groups is 1. The topological polar surface area (TPSA) is 100 Å². The highest BCUT2D eigenvalue weighted by Crippen LogP contribution is 2.28. The molecule has 0 saturated heterocycles. The third kappa shape index (κ3) is 9.48. The molecule has 0 radical (unpaired) electrons. The van der Waals surface area contributed by atoms with Gasteiger partial charge in [-0.3, -0.25) is 9.59 Å². The van der Waals surface area contributed by atoms with E-state index in [1.54, 1.807) is 11.0 Å². The van der Waals surface area contributed by atoms with Crippen LogP contribution in [0.1, 0.15) is 62.5 Å². The molecule has 0 bridgehead atoms. The molecule has 9 heteroatoms. The number of ether oxygens (including phenoxy) is 2. The highest BCUT2D eigenvalue weighted by Gasteiger charge is 2.28. The van der Waals surface area contributed by atoms with Crippen LogP contribution < -0.4 is 15.5 Å². The molecule has 0 unspecified atom stereocenters. The fraction of sp³-hybridized carbons (Fsp3) is 0.500. The summed E-state index contributed by atoms with van der Waals surface area (Å²) in [6, 6.07) is 14.0. The van der Waals surface area contributed by atoms with Gasteiger partial charge in [0.05, 0.1) is 25.9 Å². The van der Waals surface area contributed by atoms with Gasteiger partial charge in [0.1, 0.15) is 12.6 Å². The molecule has 4 rings (SSSR count). The molecule has 1 aliphatic carbocycles. The van der Waals surface area contributed by atoms with Gasteiger partial charge in [0, 0.05) is 29.2 Å². The molecule has 2 aromatic carbocycles. The Morgan fingerprint density at radius 3 is 2.71 bits per heavy atom. The number of benzene rings is 2. The lowest BCUT2D eigenvalue weighted by molar-refractivity contribution is -0.125. The molecule has 1 saturated carbocycles. The molecule has 1 fully saturated rings. The normalized spacial score (nSPS) is 17.1. The van der Waals surface area contributed by atoms with E-state index in [-0.39, 0.29) is 31.4 Å². The minimum Gasteiger partial charge on any atom is -0.475 e. The summed E-state index contributed by atoms with van der Waals surface area (Å²) in [4.78, 5) is 28.4. The smallest absolute Gasteiger partial charge is 0.242 e. The minimum atomic E-state index is -0.565. The Hall–Kier alpha value is -3.07. The van der Waals surface area contributed by atoms with Crippen LogP contribution in [0.4, 0.5) is 5.69 Å². The van der Waals surface area contributed by atoms with Gasteiger partial charge in [-0.25, -0.2) is 0 Å². The monoisotopic (exact) mass is 583 g/mol. The standard InChI is InChI=1S/C32H42ClN3O5/c1-23(41-21-25-10-7-12-27(33)18-25)34-29(19-24-8-3-2-4-9-24)32(39)35-28(20-37)14-15-31(38)36-16-17-40-22-26-11-5-6-13-30(26)36/h5-7,10-13,18,24,28-29,34,37H,1-4,8-9,14-17,19-22H2,(H,35,39)/t28-,29-/m0/s1. The van der Waals surface area contributed by atoms with Crippen LogP contribution in [-0.2, 0) is 32.3 Å². The Kier molecular flexibility index (Phi) is 11.9. The number of halogens is 1. The maximum Gasteiger partial charge on any atom is 0.242 e. The Bertz CT molecular complexity index is 1170. The van der Waals surface area contributed by atoms with E-state index in [0.29, 0.717) is 49.4 Å². The van der Waals surface area contributed by atoms with Gasteiger partial charge in [-0.1, -0.05) is 74.0 Å². The number of para-hydroxylation sites is 1. The van der Waals surface area contributed by atoms with Gasteiger partial charge in [-0.2, -0.15) is 0 Å². The molecule has 2 amide bonds. The molecule has 222 valence electrons. The van der Waals surface area contributed by atoms with Crippen molar-refractivity contribution < 1.29 is 24.2 Å². The zero-order valence-electron chi connectivity index (χ0n) is 23.7. The summed E-state index contributed by atoms with van der Waals surface area (Å²) in [6.45, 7) is 5.40. The van der Waals surface area contributed by atoms with E-state index in [2.05, 4.69) is 17.2 Å². The first-order chi connectivity index (χ1) is 19.9. The molecule has 8 nitrogen and oxygen atoms in total. The zero-order chi connectivity index (χ0) is 29.0. The van der Waals surface area contributed by atoms with Crippen LogP contribution in [0.2, 0.25) is 5.02 Å². The molecule has 1 aliphatic heterocycles. The predicted molar refractivity (Wildman–Crippen MR) is 160 cm³/mol. The molecule has 0 spiro atoms. The lowest BCUT2D eigenvalue weighted by Gasteiger charge is -2.29.